The average Bonchev–Trinajstić information content (AvgIpc) is 2.84. The van der Waals surface area contributed by atoms with Crippen molar-refractivity contribution in [1.82, 2.24) is 15.4 Å². The fourth-order valence-electron chi connectivity index (χ4n) is 3.35. The van der Waals surface area contributed by atoms with E-state index in [-0.39, 0.29) is 17.0 Å². The molecule has 0 saturated heterocycles. The number of fused-ring (bicyclic) bond motifs is 1. The van der Waals surface area contributed by atoms with Gasteiger partial charge < -0.3 is 10.1 Å². The molecule has 13 heteroatoms. The Morgan fingerprint density at radius 1 is 1.06 bits per heavy atom. The third-order valence-electron chi connectivity index (χ3n) is 5.06. The quantitative estimate of drug-likeness (QED) is 0.214. The van der Waals surface area contributed by atoms with Crippen molar-refractivity contribution in [1.29, 1.82) is 0 Å². The number of H-pyrrole nitrogens is 1. The Labute approximate surface area is 214 Å². The van der Waals surface area contributed by atoms with Gasteiger partial charge in [-0.05, 0) is 48.0 Å². The van der Waals surface area contributed by atoms with Crippen molar-refractivity contribution in [3.63, 3.8) is 0 Å². The highest BCUT2D eigenvalue weighted by atomic mass is 35.5. The van der Waals surface area contributed by atoms with E-state index in [1.165, 1.54) is 48.5 Å². The Kier molecular flexibility index (Phi) is 7.20. The molecule has 0 unspecified atom stereocenters. The second-order valence-corrected chi connectivity index (χ2v) is 9.91. The summed E-state index contributed by atoms with van der Waals surface area (Å²) in [6, 6.07) is 16.0. The van der Waals surface area contributed by atoms with Crippen molar-refractivity contribution in [2.24, 2.45) is 10.2 Å². The number of sulfonamides is 1. The summed E-state index contributed by atoms with van der Waals surface area (Å²) >= 11 is 11.9. The zero-order valence-corrected chi connectivity index (χ0v) is 20.5. The molecule has 1 atom stereocenters. The van der Waals surface area contributed by atoms with Gasteiger partial charge in [-0.1, -0.05) is 47.5 Å². The largest absolute Gasteiger partial charge is 0.382 e. The maximum absolute atomic E-state index is 12.9. The van der Waals surface area contributed by atoms with Gasteiger partial charge in [0, 0.05) is 10.0 Å². The number of primary sulfonamides is 1. The highest BCUT2D eigenvalue weighted by Crippen LogP contribution is 2.21. The Morgan fingerprint density at radius 2 is 1.72 bits per heavy atom. The summed E-state index contributed by atoms with van der Waals surface area (Å²) in [6.07, 6.45) is -1.52. The van der Waals surface area contributed by atoms with E-state index in [0.29, 0.717) is 26.6 Å². The van der Waals surface area contributed by atoms with Crippen LogP contribution in [0.2, 0.25) is 10.0 Å². The lowest BCUT2D eigenvalue weighted by Gasteiger charge is -2.15. The molecule has 0 fully saturated rings. The summed E-state index contributed by atoms with van der Waals surface area (Å²) in [4.78, 5) is 32.2. The normalized spacial score (nSPS) is 12.9. The molecule has 1 aromatic heterocycles. The van der Waals surface area contributed by atoms with Crippen LogP contribution in [0.15, 0.2) is 81.5 Å². The van der Waals surface area contributed by atoms with Crippen molar-refractivity contribution in [3.8, 4) is 0 Å². The number of nitrogens with two attached hydrogens (primary N) is 1. The number of amides is 1. The van der Waals surface area contributed by atoms with Gasteiger partial charge in [-0.15, -0.1) is 0 Å². The van der Waals surface area contributed by atoms with Gasteiger partial charge in [-0.2, -0.15) is 5.10 Å². The van der Waals surface area contributed by atoms with Crippen LogP contribution in [0.5, 0.6) is 0 Å². The molecule has 10 nitrogen and oxygen atoms in total. The summed E-state index contributed by atoms with van der Waals surface area (Å²) in [5.41, 5.74) is 1.60. The first-order valence-corrected chi connectivity index (χ1v) is 12.5. The minimum Gasteiger partial charge on any atom is -0.382 e. The molecule has 0 aliphatic rings. The maximum atomic E-state index is 12.9. The van der Waals surface area contributed by atoms with Crippen LogP contribution in [0.25, 0.3) is 11.0 Å². The second kappa shape index (κ2) is 10.2. The molecule has 5 N–H and O–H groups in total. The van der Waals surface area contributed by atoms with E-state index in [1.807, 2.05) is 0 Å². The molecule has 0 radical (unpaired) electrons. The molecule has 0 saturated carbocycles. The number of hydrogen-bond donors (Lipinski definition) is 4. The van der Waals surface area contributed by atoms with E-state index in [4.69, 9.17) is 28.3 Å². The number of nitrogens with zero attached hydrogens (tertiary/aromatic N) is 2. The lowest BCUT2D eigenvalue weighted by Crippen LogP contribution is -2.30. The first-order valence-electron chi connectivity index (χ1n) is 10.2. The Morgan fingerprint density at radius 3 is 2.42 bits per heavy atom. The third-order valence-corrected chi connectivity index (χ3v) is 6.51. The number of carbonyl (C=O) groups excluding carboxylic acids is 1. The molecule has 1 heterocycles. The maximum Gasteiger partial charge on any atom is 0.276 e. The predicted octanol–water partition coefficient (Wildman–Crippen LogP) is 2.75. The number of halogens is 2. The molecule has 0 aliphatic heterocycles. The van der Waals surface area contributed by atoms with Crippen LogP contribution in [0.4, 0.5) is 0 Å². The molecule has 0 spiro atoms. The fourth-order valence-corrected chi connectivity index (χ4v) is 4.39. The smallest absolute Gasteiger partial charge is 0.276 e. The monoisotopic (exact) mass is 545 g/mol. The van der Waals surface area contributed by atoms with Crippen molar-refractivity contribution >= 4 is 55.9 Å². The van der Waals surface area contributed by atoms with E-state index < -0.39 is 32.5 Å². The van der Waals surface area contributed by atoms with Gasteiger partial charge in [0.05, 0.1) is 21.5 Å². The number of carbonyl (C=O) groups is 1. The van der Waals surface area contributed by atoms with Crippen LogP contribution in [0, 0.1) is 0 Å². The van der Waals surface area contributed by atoms with E-state index in [1.54, 1.807) is 12.1 Å². The van der Waals surface area contributed by atoms with Crippen LogP contribution < -0.4 is 16.1 Å². The highest BCUT2D eigenvalue weighted by molar-refractivity contribution is 7.89. The SMILES string of the molecule is NS(=O)(=O)c1ccccc1C(=O)N/N=C(\c1nc2ccc(Cl)cc2[nH]c1=O)[C@@H](O)c1ccc(Cl)cc1. The van der Waals surface area contributed by atoms with E-state index >= 15 is 0 Å². The Hall–Kier alpha value is -3.61. The lowest BCUT2D eigenvalue weighted by atomic mass is 10.0. The van der Waals surface area contributed by atoms with Crippen molar-refractivity contribution in [2.45, 2.75) is 11.0 Å². The Balaban J connectivity index is 1.82. The summed E-state index contributed by atoms with van der Waals surface area (Å²) in [5, 5.41) is 21.0. The van der Waals surface area contributed by atoms with Crippen molar-refractivity contribution in [2.75, 3.05) is 0 Å². The lowest BCUT2D eigenvalue weighted by molar-refractivity contribution is 0.0951. The minimum absolute atomic E-state index is 0.279. The standard InChI is InChI=1S/C23H17Cl2N5O5S/c24-13-7-5-12(6-8-13)21(31)19(20-23(33)28-17-11-14(25)9-10-16(17)27-20)29-30-22(32)15-3-1-2-4-18(15)36(26,34)35/h1-11,21,31H,(H,28,33)(H,30,32)(H2,26,34,35)/b29-19+/t21-/m0/s1. The van der Waals surface area contributed by atoms with Gasteiger partial charge >= 0.3 is 0 Å². The van der Waals surface area contributed by atoms with Gasteiger partial charge in [-0.25, -0.2) is 24.0 Å². The number of aliphatic hydroxyl groups is 1. The molecular formula is C23H17Cl2N5O5S. The first kappa shape index (κ1) is 25.5. The fraction of sp³-hybridized carbons (Fsp3) is 0.0435. The topological polar surface area (TPSA) is 168 Å². The number of nitrogens with one attached hydrogen (secondary N) is 2. The number of aromatic amines is 1. The van der Waals surface area contributed by atoms with Gasteiger partial charge in [0.15, 0.2) is 5.69 Å². The first-order chi connectivity index (χ1) is 17.0. The number of aliphatic hydroxyl groups excluding tert-OH is 1. The zero-order valence-electron chi connectivity index (χ0n) is 18.1. The van der Waals surface area contributed by atoms with Gasteiger partial charge in [0.1, 0.15) is 11.8 Å². The van der Waals surface area contributed by atoms with Crippen molar-refractivity contribution < 1.29 is 18.3 Å². The molecule has 1 amide bonds. The average molecular weight is 546 g/mol. The summed E-state index contributed by atoms with van der Waals surface area (Å²) in [6.45, 7) is 0. The van der Waals surface area contributed by atoms with Crippen molar-refractivity contribution in [3.05, 3.63) is 104 Å². The van der Waals surface area contributed by atoms with Gasteiger partial charge in [0.2, 0.25) is 10.0 Å². The number of aromatic nitrogens is 2. The summed E-state index contributed by atoms with van der Waals surface area (Å²) < 4.78 is 23.8. The zero-order chi connectivity index (χ0) is 26.0. The molecule has 184 valence electrons. The van der Waals surface area contributed by atoms with E-state index in [0.717, 1.165) is 6.07 Å². The van der Waals surface area contributed by atoms with Crippen LogP contribution in [-0.4, -0.2) is 35.1 Å². The molecule has 4 aromatic rings. The minimum atomic E-state index is -4.22. The number of rotatable bonds is 6. The summed E-state index contributed by atoms with van der Waals surface area (Å²) in [7, 11) is -4.22. The third kappa shape index (κ3) is 5.45. The molecular weight excluding hydrogens is 529 g/mol. The molecule has 3 aromatic carbocycles. The molecule has 36 heavy (non-hydrogen) atoms. The highest BCUT2D eigenvalue weighted by Gasteiger charge is 2.24. The van der Waals surface area contributed by atoms with Crippen LogP contribution >= 0.6 is 23.2 Å². The molecule has 4 rings (SSSR count). The van der Waals surface area contributed by atoms with Crippen LogP contribution in [0.1, 0.15) is 27.7 Å². The van der Waals surface area contributed by atoms with E-state index in [9.17, 15) is 23.1 Å². The summed E-state index contributed by atoms with van der Waals surface area (Å²) in [5.74, 6) is -0.940. The van der Waals surface area contributed by atoms with Crippen LogP contribution in [0.3, 0.4) is 0 Å². The Bertz CT molecular complexity index is 1670. The molecule has 0 bridgehead atoms. The number of benzene rings is 3. The van der Waals surface area contributed by atoms with Gasteiger partial charge in [0.25, 0.3) is 11.5 Å². The number of hydrogen-bond acceptors (Lipinski definition) is 7. The number of hydrazone groups is 1. The van der Waals surface area contributed by atoms with Crippen LogP contribution in [-0.2, 0) is 10.0 Å². The van der Waals surface area contributed by atoms with Gasteiger partial charge in [-0.3, -0.25) is 9.59 Å². The molecule has 0 aliphatic carbocycles. The van der Waals surface area contributed by atoms with E-state index in [2.05, 4.69) is 20.5 Å². The predicted molar refractivity (Wildman–Crippen MR) is 136 cm³/mol. The second-order valence-electron chi connectivity index (χ2n) is 7.51.